The molecular weight excluding hydrogens is 469 g/mol. The number of aliphatic hydroxyl groups excluding tert-OH is 1. The molecule has 33 heavy (non-hydrogen) atoms. The number of furan rings is 1. The third-order valence-electron chi connectivity index (χ3n) is 4.88. The van der Waals surface area contributed by atoms with Crippen LogP contribution in [-0.2, 0) is 13.1 Å². The first-order chi connectivity index (χ1) is 15.9. The quantitative estimate of drug-likeness (QED) is 0.376. The Morgan fingerprint density at radius 3 is 2.24 bits per heavy atom. The smallest absolute Gasteiger partial charge is 0.203 e. The van der Waals surface area contributed by atoms with Crippen LogP contribution in [0.2, 0.25) is 10.0 Å². The predicted octanol–water partition coefficient (Wildman–Crippen LogP) is 5.05. The van der Waals surface area contributed by atoms with Gasteiger partial charge in [0.2, 0.25) is 5.75 Å². The first-order valence-electron chi connectivity index (χ1n) is 10.2. The second kappa shape index (κ2) is 12.0. The molecule has 0 radical (unpaired) electrons. The molecule has 0 aliphatic heterocycles. The summed E-state index contributed by atoms with van der Waals surface area (Å²) in [4.78, 5) is 2.04. The average molecular weight is 496 g/mol. The Bertz CT molecular complexity index is 1000. The molecule has 1 atom stereocenters. The number of methoxy groups -OCH3 is 3. The van der Waals surface area contributed by atoms with Gasteiger partial charge < -0.3 is 28.5 Å². The Morgan fingerprint density at radius 2 is 1.67 bits per heavy atom. The Morgan fingerprint density at radius 1 is 0.939 bits per heavy atom. The van der Waals surface area contributed by atoms with Gasteiger partial charge >= 0.3 is 0 Å². The Labute approximate surface area is 203 Å². The average Bonchev–Trinajstić information content (AvgIpc) is 3.30. The molecule has 3 rings (SSSR count). The van der Waals surface area contributed by atoms with Gasteiger partial charge in [-0.05, 0) is 48.0 Å². The normalized spacial score (nSPS) is 12.0. The van der Waals surface area contributed by atoms with Crippen molar-refractivity contribution in [1.29, 1.82) is 0 Å². The van der Waals surface area contributed by atoms with E-state index in [9.17, 15) is 5.11 Å². The molecule has 1 aromatic heterocycles. The van der Waals surface area contributed by atoms with Gasteiger partial charge in [0.25, 0.3) is 0 Å². The van der Waals surface area contributed by atoms with Crippen molar-refractivity contribution in [2.24, 2.45) is 0 Å². The number of halogens is 2. The lowest BCUT2D eigenvalue weighted by Gasteiger charge is -2.25. The highest BCUT2D eigenvalue weighted by atomic mass is 35.5. The third kappa shape index (κ3) is 6.95. The predicted molar refractivity (Wildman–Crippen MR) is 127 cm³/mol. The van der Waals surface area contributed by atoms with Gasteiger partial charge in [0, 0.05) is 18.1 Å². The van der Waals surface area contributed by atoms with E-state index in [-0.39, 0.29) is 6.61 Å². The van der Waals surface area contributed by atoms with Gasteiger partial charge in [0.1, 0.15) is 24.2 Å². The molecule has 178 valence electrons. The van der Waals surface area contributed by atoms with Gasteiger partial charge in [-0.3, -0.25) is 4.90 Å². The summed E-state index contributed by atoms with van der Waals surface area (Å²) in [5, 5.41) is 11.6. The highest BCUT2D eigenvalue weighted by Crippen LogP contribution is 2.38. The molecule has 1 heterocycles. The van der Waals surface area contributed by atoms with E-state index in [1.165, 1.54) is 0 Å². The Hall–Kier alpha value is -2.58. The molecule has 0 aliphatic rings. The maximum Gasteiger partial charge on any atom is 0.203 e. The van der Waals surface area contributed by atoms with Crippen molar-refractivity contribution < 1.29 is 28.5 Å². The van der Waals surface area contributed by atoms with Crippen molar-refractivity contribution in [2.45, 2.75) is 19.2 Å². The first kappa shape index (κ1) is 25.1. The maximum absolute atomic E-state index is 10.7. The third-order valence-corrected chi connectivity index (χ3v) is 5.41. The molecule has 0 spiro atoms. The lowest BCUT2D eigenvalue weighted by atomic mass is 10.1. The molecule has 2 aromatic carbocycles. The van der Waals surface area contributed by atoms with Crippen LogP contribution in [0.1, 0.15) is 11.3 Å². The lowest BCUT2D eigenvalue weighted by Crippen LogP contribution is -2.35. The summed E-state index contributed by atoms with van der Waals surface area (Å²) in [7, 11) is 4.71. The van der Waals surface area contributed by atoms with E-state index in [1.54, 1.807) is 45.8 Å². The largest absolute Gasteiger partial charge is 0.493 e. The molecule has 0 aliphatic carbocycles. The summed E-state index contributed by atoms with van der Waals surface area (Å²) in [6.07, 6.45) is 0.836. The van der Waals surface area contributed by atoms with Crippen LogP contribution < -0.4 is 18.9 Å². The molecule has 0 amide bonds. The van der Waals surface area contributed by atoms with Crippen LogP contribution in [0.15, 0.2) is 53.1 Å². The van der Waals surface area contributed by atoms with Crippen LogP contribution >= 0.6 is 23.2 Å². The van der Waals surface area contributed by atoms with E-state index in [2.05, 4.69) is 0 Å². The molecule has 0 saturated carbocycles. The fourth-order valence-electron chi connectivity index (χ4n) is 3.42. The van der Waals surface area contributed by atoms with Crippen molar-refractivity contribution in [3.05, 3.63) is 70.1 Å². The molecular formula is C24H27Cl2NO6. The van der Waals surface area contributed by atoms with Crippen molar-refractivity contribution in [3.63, 3.8) is 0 Å². The summed E-state index contributed by atoms with van der Waals surface area (Å²) in [6, 6.07) is 12.4. The van der Waals surface area contributed by atoms with Crippen molar-refractivity contribution in [3.8, 4) is 23.0 Å². The minimum atomic E-state index is -0.784. The molecule has 0 saturated heterocycles. The lowest BCUT2D eigenvalue weighted by molar-refractivity contribution is 0.0604. The standard InChI is InChI=1S/C24H27Cl2NO6/c1-29-22-9-16(10-23(30-2)24(22)31-3)12-27(14-19-5-4-8-32-19)13-18(28)15-33-21-7-6-17(25)11-20(21)26/h4-11,18,28H,12-15H2,1-3H3. The van der Waals surface area contributed by atoms with Gasteiger partial charge in [-0.2, -0.15) is 0 Å². The van der Waals surface area contributed by atoms with E-state index in [0.717, 1.165) is 11.3 Å². The Balaban J connectivity index is 1.73. The van der Waals surface area contributed by atoms with E-state index in [4.69, 9.17) is 46.6 Å². The van der Waals surface area contributed by atoms with Crippen LogP contribution in [0.25, 0.3) is 0 Å². The number of nitrogens with zero attached hydrogens (tertiary/aromatic N) is 1. The molecule has 0 bridgehead atoms. The highest BCUT2D eigenvalue weighted by molar-refractivity contribution is 6.35. The number of hydrogen-bond donors (Lipinski definition) is 1. The SMILES string of the molecule is COc1cc(CN(Cc2ccco2)CC(O)COc2ccc(Cl)cc2Cl)cc(OC)c1OC. The summed E-state index contributed by atoms with van der Waals surface area (Å²) in [5.41, 5.74) is 0.921. The summed E-state index contributed by atoms with van der Waals surface area (Å²) in [5.74, 6) is 2.88. The van der Waals surface area contributed by atoms with Crippen LogP contribution in [0, 0.1) is 0 Å². The molecule has 3 aromatic rings. The number of ether oxygens (including phenoxy) is 4. The van der Waals surface area contributed by atoms with Gasteiger partial charge in [-0.15, -0.1) is 0 Å². The minimum absolute atomic E-state index is 0.0608. The monoisotopic (exact) mass is 495 g/mol. The van der Waals surface area contributed by atoms with Gasteiger partial charge in [0.15, 0.2) is 11.5 Å². The highest BCUT2D eigenvalue weighted by Gasteiger charge is 2.19. The zero-order valence-electron chi connectivity index (χ0n) is 18.7. The Kier molecular flexibility index (Phi) is 9.14. The second-order valence-corrected chi connectivity index (χ2v) is 8.17. The fraction of sp³-hybridized carbons (Fsp3) is 0.333. The van der Waals surface area contributed by atoms with Gasteiger partial charge in [-0.25, -0.2) is 0 Å². The molecule has 1 unspecified atom stereocenters. The van der Waals surface area contributed by atoms with Crippen LogP contribution in [0.4, 0.5) is 0 Å². The van der Waals surface area contributed by atoms with Gasteiger partial charge in [0.05, 0.1) is 39.2 Å². The molecule has 1 N–H and O–H groups in total. The van der Waals surface area contributed by atoms with Crippen molar-refractivity contribution in [2.75, 3.05) is 34.5 Å². The van der Waals surface area contributed by atoms with E-state index >= 15 is 0 Å². The summed E-state index contributed by atoms with van der Waals surface area (Å²) >= 11 is 12.1. The molecule has 9 heteroatoms. The maximum atomic E-state index is 10.7. The summed E-state index contributed by atoms with van der Waals surface area (Å²) < 4.78 is 27.5. The zero-order valence-corrected chi connectivity index (χ0v) is 20.2. The molecule has 0 fully saturated rings. The second-order valence-electron chi connectivity index (χ2n) is 7.32. The van der Waals surface area contributed by atoms with Crippen LogP contribution in [-0.4, -0.2) is 50.6 Å². The van der Waals surface area contributed by atoms with E-state index in [1.807, 2.05) is 29.2 Å². The first-order valence-corrected chi connectivity index (χ1v) is 11.0. The molecule has 7 nitrogen and oxygen atoms in total. The zero-order chi connectivity index (χ0) is 23.8. The van der Waals surface area contributed by atoms with Crippen molar-refractivity contribution in [1.82, 2.24) is 4.90 Å². The minimum Gasteiger partial charge on any atom is -0.493 e. The fourth-order valence-corrected chi connectivity index (χ4v) is 3.88. The van der Waals surface area contributed by atoms with Gasteiger partial charge in [-0.1, -0.05) is 23.2 Å². The number of benzene rings is 2. The summed E-state index contributed by atoms with van der Waals surface area (Å²) in [6.45, 7) is 1.37. The number of rotatable bonds is 12. The number of hydrogen-bond acceptors (Lipinski definition) is 7. The van der Waals surface area contributed by atoms with Crippen molar-refractivity contribution >= 4 is 23.2 Å². The topological polar surface area (TPSA) is 73.5 Å². The van der Waals surface area contributed by atoms with E-state index < -0.39 is 6.10 Å². The van der Waals surface area contributed by atoms with Crippen LogP contribution in [0.5, 0.6) is 23.0 Å². The number of aliphatic hydroxyl groups is 1. The van der Waals surface area contributed by atoms with E-state index in [0.29, 0.717) is 52.7 Å². The van der Waals surface area contributed by atoms with Crippen LogP contribution in [0.3, 0.4) is 0 Å².